The summed E-state index contributed by atoms with van der Waals surface area (Å²) >= 11 is 0. The van der Waals surface area contributed by atoms with Gasteiger partial charge in [-0.2, -0.15) is 0 Å². The zero-order valence-electron chi connectivity index (χ0n) is 8.72. The SMILES string of the molecule is CC1=NC(C)(C(C)C)CC(C)O1. The predicted octanol–water partition coefficient (Wildman–Crippen LogP) is 2.63. The molecular weight excluding hydrogens is 150 g/mol. The topological polar surface area (TPSA) is 21.6 Å². The molecule has 0 aromatic heterocycles. The van der Waals surface area contributed by atoms with Crippen LogP contribution in [0.15, 0.2) is 4.99 Å². The van der Waals surface area contributed by atoms with E-state index < -0.39 is 0 Å². The first-order valence-corrected chi connectivity index (χ1v) is 4.67. The molecule has 0 aliphatic carbocycles. The van der Waals surface area contributed by atoms with Crippen LogP contribution in [0.4, 0.5) is 0 Å². The van der Waals surface area contributed by atoms with Gasteiger partial charge in [0.1, 0.15) is 0 Å². The van der Waals surface area contributed by atoms with Crippen LogP contribution in [0.25, 0.3) is 0 Å². The van der Waals surface area contributed by atoms with Crippen molar-refractivity contribution in [1.29, 1.82) is 0 Å². The molecule has 0 saturated heterocycles. The minimum atomic E-state index is 0.0851. The maximum absolute atomic E-state index is 5.48. The number of rotatable bonds is 1. The van der Waals surface area contributed by atoms with Crippen molar-refractivity contribution in [3.8, 4) is 0 Å². The average Bonchev–Trinajstić information content (AvgIpc) is 1.82. The summed E-state index contributed by atoms with van der Waals surface area (Å²) in [5, 5.41) is 0. The summed E-state index contributed by atoms with van der Waals surface area (Å²) in [6.07, 6.45) is 1.34. The average molecular weight is 169 g/mol. The lowest BCUT2D eigenvalue weighted by Crippen LogP contribution is -2.39. The third-order valence-corrected chi connectivity index (χ3v) is 2.73. The fraction of sp³-hybridized carbons (Fsp3) is 0.900. The molecule has 0 aromatic rings. The first-order chi connectivity index (χ1) is 5.44. The lowest BCUT2D eigenvalue weighted by atomic mass is 9.83. The highest BCUT2D eigenvalue weighted by atomic mass is 16.5. The Bertz CT molecular complexity index is 198. The zero-order valence-corrected chi connectivity index (χ0v) is 8.72. The van der Waals surface area contributed by atoms with E-state index in [0.717, 1.165) is 12.3 Å². The molecule has 2 unspecified atom stereocenters. The van der Waals surface area contributed by atoms with Gasteiger partial charge in [-0.05, 0) is 19.8 Å². The number of ether oxygens (including phenoxy) is 1. The molecule has 0 saturated carbocycles. The van der Waals surface area contributed by atoms with Crippen LogP contribution < -0.4 is 0 Å². The van der Waals surface area contributed by atoms with E-state index in [1.54, 1.807) is 0 Å². The Hall–Kier alpha value is -0.530. The van der Waals surface area contributed by atoms with E-state index in [1.165, 1.54) is 0 Å². The number of aliphatic imine (C=N–C) groups is 1. The van der Waals surface area contributed by atoms with Crippen molar-refractivity contribution in [2.24, 2.45) is 10.9 Å². The molecule has 1 aliphatic rings. The largest absolute Gasteiger partial charge is 0.478 e. The van der Waals surface area contributed by atoms with Gasteiger partial charge in [-0.1, -0.05) is 13.8 Å². The van der Waals surface area contributed by atoms with E-state index in [9.17, 15) is 0 Å². The molecule has 0 bridgehead atoms. The molecular formula is C10H19NO. The standard InChI is InChI=1S/C10H19NO/c1-7(2)10(5)6-8(3)12-9(4)11-10/h7-8H,6H2,1-5H3. The number of hydrogen-bond donors (Lipinski definition) is 0. The van der Waals surface area contributed by atoms with E-state index in [1.807, 2.05) is 6.92 Å². The molecule has 0 aromatic carbocycles. The van der Waals surface area contributed by atoms with Gasteiger partial charge >= 0.3 is 0 Å². The van der Waals surface area contributed by atoms with Crippen molar-refractivity contribution in [2.75, 3.05) is 0 Å². The van der Waals surface area contributed by atoms with Crippen molar-refractivity contribution in [3.05, 3.63) is 0 Å². The van der Waals surface area contributed by atoms with Crippen LogP contribution in [-0.4, -0.2) is 17.5 Å². The van der Waals surface area contributed by atoms with Gasteiger partial charge in [0, 0.05) is 13.3 Å². The van der Waals surface area contributed by atoms with Crippen LogP contribution in [-0.2, 0) is 4.74 Å². The monoisotopic (exact) mass is 169 g/mol. The Morgan fingerprint density at radius 2 is 2.17 bits per heavy atom. The van der Waals surface area contributed by atoms with E-state index >= 15 is 0 Å². The summed E-state index contributed by atoms with van der Waals surface area (Å²) < 4.78 is 5.48. The molecule has 70 valence electrons. The molecule has 0 amide bonds. The van der Waals surface area contributed by atoms with Gasteiger partial charge < -0.3 is 4.74 Å². The molecule has 1 rings (SSSR count). The van der Waals surface area contributed by atoms with Crippen LogP contribution in [0, 0.1) is 5.92 Å². The Morgan fingerprint density at radius 1 is 1.58 bits per heavy atom. The van der Waals surface area contributed by atoms with Crippen molar-refractivity contribution < 1.29 is 4.74 Å². The predicted molar refractivity (Wildman–Crippen MR) is 51.5 cm³/mol. The molecule has 2 heteroatoms. The fourth-order valence-corrected chi connectivity index (χ4v) is 1.71. The maximum Gasteiger partial charge on any atom is 0.180 e. The van der Waals surface area contributed by atoms with E-state index in [4.69, 9.17) is 4.74 Å². The van der Waals surface area contributed by atoms with Gasteiger partial charge in [0.15, 0.2) is 5.90 Å². The summed E-state index contributed by atoms with van der Waals surface area (Å²) in [5.74, 6) is 1.42. The molecule has 0 spiro atoms. The minimum Gasteiger partial charge on any atom is -0.478 e. The van der Waals surface area contributed by atoms with Crippen LogP contribution in [0.2, 0.25) is 0 Å². The van der Waals surface area contributed by atoms with E-state index in [-0.39, 0.29) is 5.54 Å². The zero-order chi connectivity index (χ0) is 9.35. The van der Waals surface area contributed by atoms with Crippen molar-refractivity contribution in [2.45, 2.75) is 52.7 Å². The molecule has 2 nitrogen and oxygen atoms in total. The summed E-state index contributed by atoms with van der Waals surface area (Å²) in [4.78, 5) is 4.56. The highest BCUT2D eigenvalue weighted by Crippen LogP contribution is 2.31. The van der Waals surface area contributed by atoms with Gasteiger partial charge in [0.25, 0.3) is 0 Å². The second kappa shape index (κ2) is 3.08. The summed E-state index contributed by atoms with van der Waals surface area (Å²) in [5.41, 5.74) is 0.0851. The van der Waals surface area contributed by atoms with E-state index in [2.05, 4.69) is 32.7 Å². The summed E-state index contributed by atoms with van der Waals surface area (Å²) in [6.45, 7) is 10.7. The number of hydrogen-bond acceptors (Lipinski definition) is 2. The van der Waals surface area contributed by atoms with Gasteiger partial charge in [0.2, 0.25) is 0 Å². The summed E-state index contributed by atoms with van der Waals surface area (Å²) in [7, 11) is 0. The van der Waals surface area contributed by atoms with Gasteiger partial charge in [-0.25, -0.2) is 4.99 Å². The highest BCUT2D eigenvalue weighted by molar-refractivity contribution is 5.74. The first kappa shape index (κ1) is 9.56. The Labute approximate surface area is 75.0 Å². The molecule has 0 fully saturated rings. The van der Waals surface area contributed by atoms with Crippen LogP contribution in [0.5, 0.6) is 0 Å². The minimum absolute atomic E-state index is 0.0851. The van der Waals surface area contributed by atoms with Gasteiger partial charge in [-0.3, -0.25) is 0 Å². The van der Waals surface area contributed by atoms with Gasteiger partial charge in [-0.15, -0.1) is 0 Å². The fourth-order valence-electron chi connectivity index (χ4n) is 1.71. The molecule has 1 heterocycles. The normalized spacial score (nSPS) is 36.2. The maximum atomic E-state index is 5.48. The highest BCUT2D eigenvalue weighted by Gasteiger charge is 2.33. The summed E-state index contributed by atoms with van der Waals surface area (Å²) in [6, 6.07) is 0. The Balaban J connectivity index is 2.84. The Kier molecular flexibility index (Phi) is 2.45. The van der Waals surface area contributed by atoms with Crippen molar-refractivity contribution in [3.63, 3.8) is 0 Å². The second-order valence-electron chi connectivity index (χ2n) is 4.28. The molecule has 0 N–H and O–H groups in total. The molecule has 12 heavy (non-hydrogen) atoms. The molecule has 0 radical (unpaired) electrons. The smallest absolute Gasteiger partial charge is 0.180 e. The quantitative estimate of drug-likeness (QED) is 0.591. The van der Waals surface area contributed by atoms with Crippen LogP contribution >= 0.6 is 0 Å². The molecule has 2 atom stereocenters. The Morgan fingerprint density at radius 3 is 2.58 bits per heavy atom. The van der Waals surface area contributed by atoms with Crippen molar-refractivity contribution >= 4 is 5.90 Å². The third-order valence-electron chi connectivity index (χ3n) is 2.73. The van der Waals surface area contributed by atoms with Gasteiger partial charge in [0.05, 0.1) is 11.6 Å². The lowest BCUT2D eigenvalue weighted by molar-refractivity contribution is 0.117. The lowest BCUT2D eigenvalue weighted by Gasteiger charge is -2.36. The van der Waals surface area contributed by atoms with Crippen molar-refractivity contribution in [1.82, 2.24) is 0 Å². The second-order valence-corrected chi connectivity index (χ2v) is 4.28. The third kappa shape index (κ3) is 1.79. The first-order valence-electron chi connectivity index (χ1n) is 4.67. The van der Waals surface area contributed by atoms with E-state index in [0.29, 0.717) is 12.0 Å². The number of nitrogens with zero attached hydrogens (tertiary/aromatic N) is 1. The van der Waals surface area contributed by atoms with Crippen LogP contribution in [0.3, 0.4) is 0 Å². The molecule has 1 aliphatic heterocycles. The van der Waals surface area contributed by atoms with Crippen LogP contribution in [0.1, 0.15) is 41.0 Å².